The smallest absolute Gasteiger partial charge is 0.0101 e. The Morgan fingerprint density at radius 2 is 1.90 bits per heavy atom. The number of hydrogen-bond donors (Lipinski definition) is 1. The molecule has 21 heavy (non-hydrogen) atoms. The van der Waals surface area contributed by atoms with Crippen molar-refractivity contribution in [1.82, 2.24) is 5.32 Å². The predicted octanol–water partition coefficient (Wildman–Crippen LogP) is 4.91. The maximum Gasteiger partial charge on any atom is 0.0101 e. The normalized spacial score (nSPS) is 29.5. The van der Waals surface area contributed by atoms with Gasteiger partial charge in [0, 0.05) is 6.04 Å². The van der Waals surface area contributed by atoms with Gasteiger partial charge in [0.25, 0.3) is 0 Å². The lowest BCUT2D eigenvalue weighted by molar-refractivity contribution is 0.212. The van der Waals surface area contributed by atoms with Crippen molar-refractivity contribution in [3.05, 3.63) is 35.4 Å². The Bertz CT molecular complexity index is 445. The molecule has 0 saturated heterocycles. The third-order valence-corrected chi connectivity index (χ3v) is 5.79. The molecule has 0 bridgehead atoms. The van der Waals surface area contributed by atoms with Crippen molar-refractivity contribution in [1.29, 1.82) is 0 Å². The molecule has 116 valence electrons. The molecule has 2 aliphatic carbocycles. The lowest BCUT2D eigenvalue weighted by Crippen LogP contribution is -2.40. The zero-order valence-corrected chi connectivity index (χ0v) is 13.8. The number of benzene rings is 1. The zero-order valence-electron chi connectivity index (χ0n) is 13.8. The van der Waals surface area contributed by atoms with Gasteiger partial charge in [-0.3, -0.25) is 0 Å². The Hall–Kier alpha value is -0.820. The highest BCUT2D eigenvalue weighted by atomic mass is 14.9. The Kier molecular flexibility index (Phi) is 5.00. The standard InChI is InChI=1S/C20H31N/c1-3-12-21-20(16-10-8-15(2)9-11-16)14-18-13-17-6-4-5-7-19(17)18/h4-7,15-16,18,20-21H,3,8-14H2,1-2H3. The molecule has 1 aromatic carbocycles. The SMILES string of the molecule is CCCNC(CC1Cc2ccccc21)C1CCC(C)CC1. The van der Waals surface area contributed by atoms with Crippen LogP contribution >= 0.6 is 0 Å². The molecule has 0 radical (unpaired) electrons. The van der Waals surface area contributed by atoms with Crippen molar-refractivity contribution in [3.8, 4) is 0 Å². The lowest BCUT2D eigenvalue weighted by atomic mass is 9.70. The summed E-state index contributed by atoms with van der Waals surface area (Å²) in [5.74, 6) is 2.69. The summed E-state index contributed by atoms with van der Waals surface area (Å²) < 4.78 is 0. The minimum absolute atomic E-state index is 0.746. The molecule has 1 saturated carbocycles. The van der Waals surface area contributed by atoms with Crippen molar-refractivity contribution in [2.45, 2.75) is 70.8 Å². The van der Waals surface area contributed by atoms with Gasteiger partial charge in [-0.2, -0.15) is 0 Å². The van der Waals surface area contributed by atoms with Crippen LogP contribution in [0.2, 0.25) is 0 Å². The first-order valence-electron chi connectivity index (χ1n) is 9.09. The van der Waals surface area contributed by atoms with E-state index in [0.29, 0.717) is 0 Å². The van der Waals surface area contributed by atoms with Crippen molar-refractivity contribution < 1.29 is 0 Å². The molecule has 0 aliphatic heterocycles. The second-order valence-corrected chi connectivity index (χ2v) is 7.42. The molecule has 0 amide bonds. The second kappa shape index (κ2) is 6.96. The summed E-state index contributed by atoms with van der Waals surface area (Å²) in [6, 6.07) is 9.80. The maximum absolute atomic E-state index is 3.88. The molecule has 2 atom stereocenters. The minimum Gasteiger partial charge on any atom is -0.314 e. The molecule has 1 heteroatoms. The number of nitrogens with one attached hydrogen (secondary N) is 1. The van der Waals surface area contributed by atoms with Crippen molar-refractivity contribution in [3.63, 3.8) is 0 Å². The van der Waals surface area contributed by atoms with Gasteiger partial charge in [-0.15, -0.1) is 0 Å². The Labute approximate surface area is 130 Å². The van der Waals surface area contributed by atoms with Gasteiger partial charge in [0.05, 0.1) is 0 Å². The molecule has 1 fully saturated rings. The van der Waals surface area contributed by atoms with Crippen LogP contribution < -0.4 is 5.32 Å². The van der Waals surface area contributed by atoms with Gasteiger partial charge in [0.15, 0.2) is 0 Å². The summed E-state index contributed by atoms with van der Waals surface area (Å²) in [6.07, 6.45) is 9.68. The molecular weight excluding hydrogens is 254 g/mol. The summed E-state index contributed by atoms with van der Waals surface area (Å²) >= 11 is 0. The average Bonchev–Trinajstić information content (AvgIpc) is 2.49. The average molecular weight is 285 g/mol. The monoisotopic (exact) mass is 285 g/mol. The third-order valence-electron chi connectivity index (χ3n) is 5.79. The molecule has 2 aliphatic rings. The van der Waals surface area contributed by atoms with E-state index in [1.54, 1.807) is 11.1 Å². The van der Waals surface area contributed by atoms with Gasteiger partial charge in [-0.25, -0.2) is 0 Å². The van der Waals surface area contributed by atoms with E-state index in [4.69, 9.17) is 0 Å². The van der Waals surface area contributed by atoms with E-state index in [1.165, 1.54) is 51.5 Å². The molecule has 0 aromatic heterocycles. The van der Waals surface area contributed by atoms with Crippen LogP contribution in [0.15, 0.2) is 24.3 Å². The van der Waals surface area contributed by atoms with Gasteiger partial charge in [-0.1, -0.05) is 51.0 Å². The molecule has 0 spiro atoms. The Morgan fingerprint density at radius 3 is 2.62 bits per heavy atom. The highest BCUT2D eigenvalue weighted by molar-refractivity contribution is 5.39. The van der Waals surface area contributed by atoms with E-state index >= 15 is 0 Å². The van der Waals surface area contributed by atoms with E-state index in [0.717, 1.165) is 23.8 Å². The quantitative estimate of drug-likeness (QED) is 0.783. The highest BCUT2D eigenvalue weighted by Crippen LogP contribution is 2.41. The molecular formula is C20H31N. The Balaban J connectivity index is 1.61. The van der Waals surface area contributed by atoms with Crippen LogP contribution in [0.5, 0.6) is 0 Å². The third kappa shape index (κ3) is 3.51. The van der Waals surface area contributed by atoms with E-state index in [-0.39, 0.29) is 0 Å². The van der Waals surface area contributed by atoms with Gasteiger partial charge >= 0.3 is 0 Å². The zero-order chi connectivity index (χ0) is 14.7. The van der Waals surface area contributed by atoms with Crippen LogP contribution in [0.1, 0.15) is 69.4 Å². The topological polar surface area (TPSA) is 12.0 Å². The first kappa shape index (κ1) is 15.1. The summed E-state index contributed by atoms with van der Waals surface area (Å²) in [4.78, 5) is 0. The predicted molar refractivity (Wildman–Crippen MR) is 90.7 cm³/mol. The molecule has 2 unspecified atom stereocenters. The van der Waals surface area contributed by atoms with E-state index in [9.17, 15) is 0 Å². The summed E-state index contributed by atoms with van der Waals surface area (Å²) in [7, 11) is 0. The van der Waals surface area contributed by atoms with Crippen LogP contribution in [0.4, 0.5) is 0 Å². The summed E-state index contributed by atoms with van der Waals surface area (Å²) in [5, 5.41) is 3.88. The van der Waals surface area contributed by atoms with Crippen LogP contribution in [-0.2, 0) is 6.42 Å². The Morgan fingerprint density at radius 1 is 1.14 bits per heavy atom. The van der Waals surface area contributed by atoms with Crippen molar-refractivity contribution >= 4 is 0 Å². The number of rotatable bonds is 6. The largest absolute Gasteiger partial charge is 0.314 e. The fraction of sp³-hybridized carbons (Fsp3) is 0.700. The molecule has 1 aromatic rings. The number of hydrogen-bond acceptors (Lipinski definition) is 1. The van der Waals surface area contributed by atoms with Crippen LogP contribution in [-0.4, -0.2) is 12.6 Å². The molecule has 1 nitrogen and oxygen atoms in total. The van der Waals surface area contributed by atoms with Gasteiger partial charge in [-0.05, 0) is 67.5 Å². The van der Waals surface area contributed by atoms with Crippen molar-refractivity contribution in [2.24, 2.45) is 11.8 Å². The molecule has 1 N–H and O–H groups in total. The summed E-state index contributed by atoms with van der Waals surface area (Å²) in [6.45, 7) is 5.89. The summed E-state index contributed by atoms with van der Waals surface area (Å²) in [5.41, 5.74) is 3.22. The highest BCUT2D eigenvalue weighted by Gasteiger charge is 2.32. The van der Waals surface area contributed by atoms with E-state index in [2.05, 4.69) is 43.4 Å². The maximum atomic E-state index is 3.88. The molecule has 0 heterocycles. The molecule has 3 rings (SSSR count). The first-order chi connectivity index (χ1) is 10.3. The van der Waals surface area contributed by atoms with Crippen LogP contribution in [0.25, 0.3) is 0 Å². The fourth-order valence-electron chi connectivity index (χ4n) is 4.34. The fourth-order valence-corrected chi connectivity index (χ4v) is 4.34. The van der Waals surface area contributed by atoms with Crippen molar-refractivity contribution in [2.75, 3.05) is 6.54 Å². The first-order valence-corrected chi connectivity index (χ1v) is 9.09. The second-order valence-electron chi connectivity index (χ2n) is 7.42. The minimum atomic E-state index is 0.746. The lowest BCUT2D eigenvalue weighted by Gasteiger charge is -2.38. The van der Waals surface area contributed by atoms with Crippen LogP contribution in [0.3, 0.4) is 0 Å². The van der Waals surface area contributed by atoms with Gasteiger partial charge in [0.1, 0.15) is 0 Å². The number of fused-ring (bicyclic) bond motifs is 1. The van der Waals surface area contributed by atoms with Crippen LogP contribution in [0, 0.1) is 11.8 Å². The van der Waals surface area contributed by atoms with Gasteiger partial charge in [0.2, 0.25) is 0 Å². The van der Waals surface area contributed by atoms with Gasteiger partial charge < -0.3 is 5.32 Å². The van der Waals surface area contributed by atoms with E-state index in [1.807, 2.05) is 0 Å². The van der Waals surface area contributed by atoms with E-state index < -0.39 is 0 Å².